The number of carboxylic acids is 1. The normalized spacial score (nSPS) is 12.1. The second kappa shape index (κ2) is 6.43. The van der Waals surface area contributed by atoms with Crippen molar-refractivity contribution in [1.29, 1.82) is 0 Å². The minimum absolute atomic E-state index is 0.289. The fourth-order valence-electron chi connectivity index (χ4n) is 1.15. The summed E-state index contributed by atoms with van der Waals surface area (Å²) in [6.07, 6.45) is 0. The van der Waals surface area contributed by atoms with Crippen molar-refractivity contribution in [3.63, 3.8) is 0 Å². The zero-order valence-electron chi connectivity index (χ0n) is 9.47. The van der Waals surface area contributed by atoms with E-state index >= 15 is 0 Å². The molecule has 1 atom stereocenters. The standard InChI is InChI=1S/C12H16O3S/c1-9(12(13)14)7-16-8-10-3-5-11(15-2)6-4-10/h3-6,9H,7-8H2,1-2H3,(H,13,14). The number of carbonyl (C=O) groups is 1. The molecule has 88 valence electrons. The maximum absolute atomic E-state index is 10.6. The molecule has 0 amide bonds. The van der Waals surface area contributed by atoms with Gasteiger partial charge >= 0.3 is 5.97 Å². The van der Waals surface area contributed by atoms with Crippen molar-refractivity contribution in [2.75, 3.05) is 12.9 Å². The van der Waals surface area contributed by atoms with Crippen LogP contribution < -0.4 is 4.74 Å². The zero-order valence-corrected chi connectivity index (χ0v) is 10.3. The fraction of sp³-hybridized carbons (Fsp3) is 0.417. The van der Waals surface area contributed by atoms with Crippen LogP contribution in [0.15, 0.2) is 24.3 Å². The van der Waals surface area contributed by atoms with Crippen LogP contribution in [-0.4, -0.2) is 23.9 Å². The molecule has 4 heteroatoms. The molecule has 1 aromatic carbocycles. The highest BCUT2D eigenvalue weighted by molar-refractivity contribution is 7.98. The van der Waals surface area contributed by atoms with E-state index in [1.807, 2.05) is 24.3 Å². The number of hydrogen-bond donors (Lipinski definition) is 1. The quantitative estimate of drug-likeness (QED) is 0.830. The molecule has 1 N–H and O–H groups in total. The molecule has 0 aliphatic heterocycles. The van der Waals surface area contributed by atoms with Crippen molar-refractivity contribution in [3.05, 3.63) is 29.8 Å². The second-order valence-electron chi connectivity index (χ2n) is 3.60. The van der Waals surface area contributed by atoms with Crippen LogP contribution in [0.25, 0.3) is 0 Å². The Morgan fingerprint density at radius 2 is 2.06 bits per heavy atom. The van der Waals surface area contributed by atoms with E-state index < -0.39 is 5.97 Å². The lowest BCUT2D eigenvalue weighted by molar-refractivity contribution is -0.140. The molecule has 16 heavy (non-hydrogen) atoms. The highest BCUT2D eigenvalue weighted by Crippen LogP contribution is 2.18. The van der Waals surface area contributed by atoms with E-state index in [0.29, 0.717) is 5.75 Å². The van der Waals surface area contributed by atoms with Crippen LogP contribution in [0.4, 0.5) is 0 Å². The molecule has 0 radical (unpaired) electrons. The van der Waals surface area contributed by atoms with Gasteiger partial charge in [0.1, 0.15) is 5.75 Å². The molecule has 0 aromatic heterocycles. The number of rotatable bonds is 6. The summed E-state index contributed by atoms with van der Waals surface area (Å²) < 4.78 is 5.06. The number of aliphatic carboxylic acids is 1. The average molecular weight is 240 g/mol. The van der Waals surface area contributed by atoms with Crippen LogP contribution in [0.1, 0.15) is 12.5 Å². The maximum Gasteiger partial charge on any atom is 0.307 e. The molecule has 1 aromatic rings. The lowest BCUT2D eigenvalue weighted by Crippen LogP contribution is -2.11. The summed E-state index contributed by atoms with van der Waals surface area (Å²) in [5.41, 5.74) is 1.18. The molecular formula is C12H16O3S. The van der Waals surface area contributed by atoms with E-state index in [1.165, 1.54) is 5.56 Å². The van der Waals surface area contributed by atoms with E-state index in [9.17, 15) is 4.79 Å². The van der Waals surface area contributed by atoms with Crippen LogP contribution in [0.2, 0.25) is 0 Å². The molecule has 1 rings (SSSR count). The zero-order chi connectivity index (χ0) is 12.0. The first kappa shape index (κ1) is 12.9. The van der Waals surface area contributed by atoms with E-state index in [-0.39, 0.29) is 5.92 Å². The third kappa shape index (κ3) is 4.14. The molecule has 0 fully saturated rings. The lowest BCUT2D eigenvalue weighted by atomic mass is 10.2. The summed E-state index contributed by atoms with van der Waals surface area (Å²) in [7, 11) is 1.64. The molecule has 0 saturated carbocycles. The van der Waals surface area contributed by atoms with Gasteiger partial charge in [0.25, 0.3) is 0 Å². The van der Waals surface area contributed by atoms with E-state index in [1.54, 1.807) is 25.8 Å². The first-order valence-corrected chi connectivity index (χ1v) is 6.22. The summed E-state index contributed by atoms with van der Waals surface area (Å²) in [6, 6.07) is 7.82. The molecule has 0 heterocycles. The smallest absolute Gasteiger partial charge is 0.307 e. The van der Waals surface area contributed by atoms with E-state index in [2.05, 4.69) is 0 Å². The summed E-state index contributed by atoms with van der Waals surface area (Å²) in [4.78, 5) is 10.6. The van der Waals surface area contributed by atoms with Gasteiger partial charge in [0.05, 0.1) is 13.0 Å². The Bertz CT molecular complexity index is 335. The van der Waals surface area contributed by atoms with Crippen molar-refractivity contribution in [2.24, 2.45) is 5.92 Å². The number of carboxylic acid groups (broad SMARTS) is 1. The fourth-order valence-corrected chi connectivity index (χ4v) is 2.19. The van der Waals surface area contributed by atoms with Gasteiger partial charge in [-0.3, -0.25) is 4.79 Å². The minimum atomic E-state index is -0.734. The monoisotopic (exact) mass is 240 g/mol. The first-order chi connectivity index (χ1) is 7.63. The molecule has 0 spiro atoms. The Balaban J connectivity index is 2.34. The molecule has 1 unspecified atom stereocenters. The Kier molecular flexibility index (Phi) is 5.19. The van der Waals surface area contributed by atoms with Crippen LogP contribution >= 0.6 is 11.8 Å². The number of thioether (sulfide) groups is 1. The third-order valence-electron chi connectivity index (χ3n) is 2.22. The van der Waals surface area contributed by atoms with Crippen LogP contribution in [0.3, 0.4) is 0 Å². The molecule has 0 saturated heterocycles. The van der Waals surface area contributed by atoms with Crippen molar-refractivity contribution < 1.29 is 14.6 Å². The summed E-state index contributed by atoms with van der Waals surface area (Å²) in [6.45, 7) is 1.73. The third-order valence-corrected chi connectivity index (χ3v) is 3.49. The Hall–Kier alpha value is -1.16. The first-order valence-electron chi connectivity index (χ1n) is 5.07. The minimum Gasteiger partial charge on any atom is -0.497 e. The van der Waals surface area contributed by atoms with E-state index in [4.69, 9.17) is 9.84 Å². The van der Waals surface area contributed by atoms with Gasteiger partial charge in [-0.15, -0.1) is 0 Å². The SMILES string of the molecule is COc1ccc(CSCC(C)C(=O)O)cc1. The van der Waals surface area contributed by atoms with E-state index in [0.717, 1.165) is 11.5 Å². The average Bonchev–Trinajstić information content (AvgIpc) is 2.29. The van der Waals surface area contributed by atoms with Gasteiger partial charge in [0.2, 0.25) is 0 Å². The van der Waals surface area contributed by atoms with Crippen molar-refractivity contribution >= 4 is 17.7 Å². The summed E-state index contributed by atoms with van der Waals surface area (Å²) >= 11 is 1.63. The lowest BCUT2D eigenvalue weighted by Gasteiger charge is -2.06. The largest absolute Gasteiger partial charge is 0.497 e. The van der Waals surface area contributed by atoms with Crippen LogP contribution in [0, 0.1) is 5.92 Å². The van der Waals surface area contributed by atoms with Gasteiger partial charge in [-0.2, -0.15) is 11.8 Å². The van der Waals surface area contributed by atoms with Crippen molar-refractivity contribution in [3.8, 4) is 5.75 Å². The predicted octanol–water partition coefficient (Wildman–Crippen LogP) is 2.65. The Morgan fingerprint density at radius 3 is 2.56 bits per heavy atom. The molecule has 0 bridgehead atoms. The molecule has 0 aliphatic carbocycles. The Labute approximate surface area is 99.8 Å². The highest BCUT2D eigenvalue weighted by atomic mass is 32.2. The number of benzene rings is 1. The Morgan fingerprint density at radius 1 is 1.44 bits per heavy atom. The van der Waals surface area contributed by atoms with Crippen molar-refractivity contribution in [1.82, 2.24) is 0 Å². The van der Waals surface area contributed by atoms with Crippen LogP contribution in [-0.2, 0) is 10.5 Å². The number of methoxy groups -OCH3 is 1. The van der Waals surface area contributed by atoms with Gasteiger partial charge in [-0.25, -0.2) is 0 Å². The molecule has 3 nitrogen and oxygen atoms in total. The van der Waals surface area contributed by atoms with Gasteiger partial charge in [-0.1, -0.05) is 19.1 Å². The van der Waals surface area contributed by atoms with Crippen molar-refractivity contribution in [2.45, 2.75) is 12.7 Å². The molecule has 0 aliphatic rings. The predicted molar refractivity (Wildman–Crippen MR) is 66.0 cm³/mol. The number of ether oxygens (including phenoxy) is 1. The van der Waals surface area contributed by atoms with Gasteiger partial charge in [-0.05, 0) is 17.7 Å². The number of hydrogen-bond acceptors (Lipinski definition) is 3. The highest BCUT2D eigenvalue weighted by Gasteiger charge is 2.10. The van der Waals surface area contributed by atoms with Gasteiger partial charge in [0, 0.05) is 11.5 Å². The maximum atomic E-state index is 10.6. The second-order valence-corrected chi connectivity index (χ2v) is 4.63. The molecular weight excluding hydrogens is 224 g/mol. The summed E-state index contributed by atoms with van der Waals surface area (Å²) in [5, 5.41) is 8.72. The van der Waals surface area contributed by atoms with Gasteiger partial charge < -0.3 is 9.84 Å². The van der Waals surface area contributed by atoms with Gasteiger partial charge in [0.15, 0.2) is 0 Å². The van der Waals surface area contributed by atoms with Crippen LogP contribution in [0.5, 0.6) is 5.75 Å². The summed E-state index contributed by atoms with van der Waals surface area (Å²) in [5.74, 6) is 1.29. The topological polar surface area (TPSA) is 46.5 Å².